The van der Waals surface area contributed by atoms with Crippen LogP contribution in [-0.2, 0) is 5.41 Å². The predicted octanol–water partition coefficient (Wildman–Crippen LogP) is 14.0. The highest BCUT2D eigenvalue weighted by atomic mass is 14.9. The lowest BCUT2D eigenvalue weighted by Crippen LogP contribution is -2.29. The molecule has 0 saturated heterocycles. The summed E-state index contributed by atoms with van der Waals surface area (Å²) in [7, 11) is 0. The lowest BCUT2D eigenvalue weighted by Gasteiger charge is -2.43. The normalized spacial score (nSPS) is 19.5. The molecular formula is C61H35N3. The lowest BCUT2D eigenvalue weighted by molar-refractivity contribution is 0.667. The van der Waals surface area contributed by atoms with Gasteiger partial charge in [0.2, 0.25) is 0 Å². The van der Waals surface area contributed by atoms with Crippen LogP contribution >= 0.6 is 0 Å². The molecule has 294 valence electrons. The number of hydrogen-bond donors (Lipinski definition) is 0. The van der Waals surface area contributed by atoms with E-state index in [-0.39, 0.29) is 29.1 Å². The third-order valence-corrected chi connectivity index (χ3v) is 16.6. The number of fused-ring (bicyclic) bond motifs is 11. The van der Waals surface area contributed by atoms with Crippen LogP contribution in [0.4, 0.5) is 0 Å². The molecule has 3 heteroatoms. The molecule has 18 rings (SSSR count). The highest BCUT2D eigenvalue weighted by Crippen LogP contribution is 2.64. The molecule has 0 spiro atoms. The van der Waals surface area contributed by atoms with E-state index in [1.165, 1.54) is 116 Å². The molecule has 2 aromatic heterocycles. The van der Waals surface area contributed by atoms with Gasteiger partial charge >= 0.3 is 0 Å². The van der Waals surface area contributed by atoms with Crippen molar-refractivity contribution in [1.29, 1.82) is 10.5 Å². The molecule has 9 aromatic carbocycles. The second-order valence-corrected chi connectivity index (χ2v) is 19.5. The number of hydrogen-bond acceptors (Lipinski definition) is 2. The molecule has 3 nitrogen and oxygen atoms in total. The fourth-order valence-electron chi connectivity index (χ4n) is 14.5. The molecule has 4 bridgehead atoms. The number of nitrogens with zero attached hydrogens (tertiary/aromatic N) is 3. The van der Waals surface area contributed by atoms with Crippen molar-refractivity contribution < 1.29 is 0 Å². The quantitative estimate of drug-likeness (QED) is 0.153. The van der Waals surface area contributed by atoms with E-state index in [1.807, 2.05) is 0 Å². The summed E-state index contributed by atoms with van der Waals surface area (Å²) in [4.78, 5) is 0. The minimum Gasteiger partial charge on any atom is -0.308 e. The number of aromatic nitrogens is 1. The standard InChI is InChI=1S/C61H35N3/c1-61(2)45-24-31-14-4-3-13-30(31)23-42(45)43-27-44-54-46(25-32(28-62)48-50-34-15-5-9-19-38(34)52(56(48)54)39-20-10-6-16-35(39)50)64-47-26-33(29-63)49-51-36-17-7-11-21-40(36)53(41-22-12-8-18-37(41)51)57(49)55(47)58(59(43)61)60(44)64/h3-27,50-53H,1-2H3. The topological polar surface area (TPSA) is 52.0 Å². The van der Waals surface area contributed by atoms with Gasteiger partial charge in [-0.25, -0.2) is 0 Å². The van der Waals surface area contributed by atoms with Crippen molar-refractivity contribution in [3.63, 3.8) is 0 Å². The molecule has 0 radical (unpaired) electrons. The van der Waals surface area contributed by atoms with Crippen LogP contribution in [0.1, 0.15) is 127 Å². The molecular weight excluding hydrogens is 775 g/mol. The van der Waals surface area contributed by atoms with Crippen LogP contribution in [0.25, 0.3) is 60.0 Å². The molecule has 0 atom stereocenters. The summed E-state index contributed by atoms with van der Waals surface area (Å²) in [5.74, 6) is -0.128. The van der Waals surface area contributed by atoms with Crippen LogP contribution in [-0.4, -0.2) is 4.40 Å². The highest BCUT2D eigenvalue weighted by Gasteiger charge is 2.48. The van der Waals surface area contributed by atoms with E-state index in [4.69, 9.17) is 0 Å². The minimum absolute atomic E-state index is 0.0209. The van der Waals surface area contributed by atoms with Gasteiger partial charge in [0.15, 0.2) is 0 Å². The van der Waals surface area contributed by atoms with E-state index in [1.54, 1.807) is 0 Å². The Morgan fingerprint density at radius 1 is 0.438 bits per heavy atom. The minimum atomic E-state index is -0.334. The zero-order chi connectivity index (χ0) is 42.1. The summed E-state index contributed by atoms with van der Waals surface area (Å²) < 4.78 is 2.49. The zero-order valence-electron chi connectivity index (χ0n) is 35.1. The fraction of sp³-hybridized carbons (Fsp3) is 0.115. The van der Waals surface area contributed by atoms with Crippen LogP contribution in [0.3, 0.4) is 0 Å². The Morgan fingerprint density at radius 3 is 1.31 bits per heavy atom. The van der Waals surface area contributed by atoms with Crippen molar-refractivity contribution >= 4 is 48.9 Å². The Balaban J connectivity index is 1.16. The third kappa shape index (κ3) is 3.54. The average Bonchev–Trinajstić information content (AvgIpc) is 3.93. The van der Waals surface area contributed by atoms with Gasteiger partial charge in [-0.3, -0.25) is 0 Å². The van der Waals surface area contributed by atoms with Gasteiger partial charge in [0.25, 0.3) is 0 Å². The predicted molar refractivity (Wildman–Crippen MR) is 255 cm³/mol. The Hall–Kier alpha value is -7.98. The Kier molecular flexibility index (Phi) is 5.76. The maximum absolute atomic E-state index is 11.4. The van der Waals surface area contributed by atoms with Crippen molar-refractivity contribution in [2.45, 2.75) is 42.9 Å². The number of nitriles is 2. The van der Waals surface area contributed by atoms with Gasteiger partial charge in [0.05, 0.1) is 39.8 Å². The van der Waals surface area contributed by atoms with Gasteiger partial charge in [-0.05, 0) is 130 Å². The smallest absolute Gasteiger partial charge is 0.0995 e. The second kappa shape index (κ2) is 11.0. The van der Waals surface area contributed by atoms with Gasteiger partial charge < -0.3 is 4.40 Å². The van der Waals surface area contributed by atoms with Gasteiger partial charge in [-0.2, -0.15) is 10.5 Å². The summed E-state index contributed by atoms with van der Waals surface area (Å²) in [6, 6.07) is 62.0. The van der Waals surface area contributed by atoms with Gasteiger partial charge in [-0.1, -0.05) is 135 Å². The molecule has 7 aliphatic carbocycles. The average molecular weight is 810 g/mol. The van der Waals surface area contributed by atoms with E-state index in [0.29, 0.717) is 0 Å². The molecule has 0 aliphatic heterocycles. The molecule has 0 amide bonds. The number of benzene rings is 9. The molecule has 0 fully saturated rings. The van der Waals surface area contributed by atoms with Crippen molar-refractivity contribution in [2.24, 2.45) is 0 Å². The van der Waals surface area contributed by atoms with Gasteiger partial charge in [-0.15, -0.1) is 0 Å². The summed E-state index contributed by atoms with van der Waals surface area (Å²) in [5.41, 5.74) is 25.2. The van der Waals surface area contributed by atoms with Crippen molar-refractivity contribution in [1.82, 2.24) is 4.40 Å². The van der Waals surface area contributed by atoms with Crippen LogP contribution in [0, 0.1) is 22.7 Å². The zero-order valence-corrected chi connectivity index (χ0v) is 35.1. The largest absolute Gasteiger partial charge is 0.308 e. The lowest BCUT2D eigenvalue weighted by atomic mass is 9.59. The monoisotopic (exact) mass is 809 g/mol. The summed E-state index contributed by atoms with van der Waals surface area (Å²) in [6.07, 6.45) is 0. The molecule has 0 unspecified atom stereocenters. The maximum atomic E-state index is 11.4. The highest BCUT2D eigenvalue weighted by molar-refractivity contribution is 6.29. The first-order chi connectivity index (χ1) is 31.5. The van der Waals surface area contributed by atoms with E-state index >= 15 is 0 Å². The van der Waals surface area contributed by atoms with Crippen LogP contribution in [0.5, 0.6) is 0 Å². The Labute approximate surface area is 369 Å². The van der Waals surface area contributed by atoms with E-state index in [2.05, 4.69) is 182 Å². The molecule has 7 aliphatic rings. The Morgan fingerprint density at radius 2 is 0.844 bits per heavy atom. The van der Waals surface area contributed by atoms with E-state index < -0.39 is 0 Å². The molecule has 0 saturated carbocycles. The summed E-state index contributed by atoms with van der Waals surface area (Å²) in [5, 5.41) is 30.2. The van der Waals surface area contributed by atoms with Gasteiger partial charge in [0, 0.05) is 50.6 Å². The summed E-state index contributed by atoms with van der Waals surface area (Å²) >= 11 is 0. The second-order valence-electron chi connectivity index (χ2n) is 19.5. The third-order valence-electron chi connectivity index (χ3n) is 16.6. The first-order valence-corrected chi connectivity index (χ1v) is 22.6. The molecule has 11 aromatic rings. The van der Waals surface area contributed by atoms with Crippen LogP contribution in [0.15, 0.2) is 152 Å². The first-order valence-electron chi connectivity index (χ1n) is 22.6. The van der Waals surface area contributed by atoms with Crippen LogP contribution < -0.4 is 0 Å². The molecule has 64 heavy (non-hydrogen) atoms. The summed E-state index contributed by atoms with van der Waals surface area (Å²) in [6.45, 7) is 4.85. The molecule has 0 N–H and O–H groups in total. The van der Waals surface area contributed by atoms with Crippen LogP contribution in [0.2, 0.25) is 0 Å². The SMILES string of the molecule is CC1(C)c2cc3ccccc3cc2-c2cc3c4c5c(c(C#N)cc4n4c6cc(C#N)c7c(c6c(c21)c34)C1c2ccccc2C7c2ccccc21)C1c2ccccc2C5c2ccccc21. The van der Waals surface area contributed by atoms with Crippen molar-refractivity contribution in [3.8, 4) is 23.3 Å². The van der Waals surface area contributed by atoms with Crippen molar-refractivity contribution in [2.75, 3.05) is 0 Å². The van der Waals surface area contributed by atoms with Crippen molar-refractivity contribution in [3.05, 3.63) is 241 Å². The van der Waals surface area contributed by atoms with E-state index in [0.717, 1.165) is 33.3 Å². The Bertz CT molecular complexity index is 4070. The molecule has 2 heterocycles. The fourth-order valence-corrected chi connectivity index (χ4v) is 14.5. The van der Waals surface area contributed by atoms with Gasteiger partial charge in [0.1, 0.15) is 0 Å². The number of rotatable bonds is 0. The maximum Gasteiger partial charge on any atom is 0.0995 e. The first kappa shape index (κ1) is 33.6. The van der Waals surface area contributed by atoms with E-state index in [9.17, 15) is 10.5 Å².